The molecule has 5 rings (SSSR count). The lowest BCUT2D eigenvalue weighted by atomic mass is 9.78. The first kappa shape index (κ1) is 65.6. The number of ketones is 3. The number of esters is 1. The average molecular weight is 1120 g/mol. The second-order valence-corrected chi connectivity index (χ2v) is 26.2. The molecule has 1 amide bonds. The number of rotatable bonds is 13. The van der Waals surface area contributed by atoms with Crippen molar-refractivity contribution in [2.45, 2.75) is 199 Å². The number of cyclic esters (lactones) is 1. The summed E-state index contributed by atoms with van der Waals surface area (Å²) in [5, 5.41) is 12.3. The van der Waals surface area contributed by atoms with E-state index < -0.39 is 79.2 Å². The Hall–Kier alpha value is -3.22. The maximum atomic E-state index is 14.7. The van der Waals surface area contributed by atoms with Crippen LogP contribution in [0, 0.1) is 35.5 Å². The van der Waals surface area contributed by atoms with Crippen molar-refractivity contribution >= 4 is 36.6 Å². The van der Waals surface area contributed by atoms with Crippen molar-refractivity contribution in [1.82, 2.24) is 4.90 Å². The van der Waals surface area contributed by atoms with E-state index in [4.69, 9.17) is 42.4 Å². The molecule has 3 saturated heterocycles. The van der Waals surface area contributed by atoms with E-state index in [0.29, 0.717) is 76.8 Å². The smallest absolute Gasteiger partial charge is 0.329 e. The van der Waals surface area contributed by atoms with Crippen LogP contribution in [0.5, 0.6) is 0 Å². The summed E-state index contributed by atoms with van der Waals surface area (Å²) < 4.78 is 67.1. The molecule has 0 radical (unpaired) electrons. The standard InChI is InChI=1S/C60H96NO16P/c1-38-18-14-13-15-19-39(2)51(74-31-30-73-46-25-28-72-29-26-46)36-47-23-21-44(7)60(67,76-47)57(64)58(65)61-27-17-16-20-48(61)59(66)75-52(41(4)34-45-22-24-50(53(35-45)69-8)77-78(11,12)68)37-49(62)40(3)33-43(6)55(70-9)56(71-10)54(63)42(5)32-38/h13-15,18-19,33,38,40-42,44-48,50-53,55-56,67H,16-17,20-32,34-37H2,1-12H3/t38-,40-,41-,42-,44-,45+,47+,48+,50-,51+,52+,53-,55-,56+,60-/m1/s1. The average Bonchev–Trinajstić information content (AvgIpc) is 3.45. The number of carbonyl (C=O) groups excluding carboxylic acids is 5. The van der Waals surface area contributed by atoms with Crippen molar-refractivity contribution in [3.63, 3.8) is 0 Å². The van der Waals surface area contributed by atoms with E-state index in [2.05, 4.69) is 0 Å². The van der Waals surface area contributed by atoms with Gasteiger partial charge >= 0.3 is 5.97 Å². The predicted molar refractivity (Wildman–Crippen MR) is 297 cm³/mol. The van der Waals surface area contributed by atoms with Gasteiger partial charge in [-0.05, 0) is 120 Å². The van der Waals surface area contributed by atoms with Gasteiger partial charge in [-0.2, -0.15) is 0 Å². The number of hydrogen-bond donors (Lipinski definition) is 1. The van der Waals surface area contributed by atoms with Crippen LogP contribution in [-0.4, -0.2) is 168 Å². The minimum atomic E-state index is -2.80. The summed E-state index contributed by atoms with van der Waals surface area (Å²) in [6.07, 6.45) is 14.1. The topological polar surface area (TPSA) is 209 Å². The van der Waals surface area contributed by atoms with Crippen LogP contribution >= 0.6 is 7.37 Å². The molecule has 2 bridgehead atoms. The van der Waals surface area contributed by atoms with E-state index >= 15 is 0 Å². The van der Waals surface area contributed by atoms with Crippen LogP contribution in [0.1, 0.15) is 138 Å². The fourth-order valence-electron chi connectivity index (χ4n) is 12.0. The summed E-state index contributed by atoms with van der Waals surface area (Å²) in [6.45, 7) is 18.3. The molecule has 0 aromatic rings. The Morgan fingerprint density at radius 1 is 0.795 bits per heavy atom. The minimum absolute atomic E-state index is 0.0292. The Morgan fingerprint density at radius 3 is 2.18 bits per heavy atom. The molecule has 17 nitrogen and oxygen atoms in total. The van der Waals surface area contributed by atoms with Gasteiger partial charge in [0.15, 0.2) is 13.2 Å². The van der Waals surface area contributed by atoms with Gasteiger partial charge in [0.05, 0.1) is 43.7 Å². The Bertz CT molecular complexity index is 2150. The lowest BCUT2D eigenvalue weighted by Gasteiger charge is -2.43. The second kappa shape index (κ2) is 31.3. The first-order valence-electron chi connectivity index (χ1n) is 28.8. The number of methoxy groups -OCH3 is 3. The third-order valence-electron chi connectivity index (χ3n) is 16.7. The molecule has 0 unspecified atom stereocenters. The molecule has 78 heavy (non-hydrogen) atoms. The highest BCUT2D eigenvalue weighted by Crippen LogP contribution is 2.45. The van der Waals surface area contributed by atoms with E-state index in [9.17, 15) is 33.6 Å². The predicted octanol–water partition coefficient (Wildman–Crippen LogP) is 8.96. The molecule has 18 heteroatoms. The van der Waals surface area contributed by atoms with Crippen molar-refractivity contribution in [3.8, 4) is 0 Å². The maximum absolute atomic E-state index is 14.7. The highest BCUT2D eigenvalue weighted by molar-refractivity contribution is 7.57. The lowest BCUT2D eigenvalue weighted by molar-refractivity contribution is -0.266. The molecule has 1 aliphatic carbocycles. The Labute approximate surface area is 465 Å². The van der Waals surface area contributed by atoms with Crippen LogP contribution in [0.3, 0.4) is 0 Å². The molecule has 442 valence electrons. The SMILES string of the molecule is CO[C@@H]1C(C)=C[C@@H](C)C(=O)C[C@@H]([C@H](C)C[C@@H]2CC[C@@H](OP(C)(C)=O)[C@H](OC)C2)OC(=O)[C@@H]2CCCCN2C(=O)C(=O)[C@]2(O)O[C@@H](CC[C@H]2C)C[C@H](OCCOC2CCOCC2)C(C)=CC=CC=C[C@@H](C)C[C@@H](C)C(=O)[C@@H]1OC. The lowest BCUT2D eigenvalue weighted by Crippen LogP contribution is -2.61. The summed E-state index contributed by atoms with van der Waals surface area (Å²) in [7, 11) is 1.80. The van der Waals surface area contributed by atoms with Crippen LogP contribution in [0.25, 0.3) is 0 Å². The highest BCUT2D eigenvalue weighted by atomic mass is 31.2. The fourth-order valence-corrected chi connectivity index (χ4v) is 12.9. The largest absolute Gasteiger partial charge is 0.460 e. The van der Waals surface area contributed by atoms with Gasteiger partial charge in [0.2, 0.25) is 5.79 Å². The van der Waals surface area contributed by atoms with Gasteiger partial charge in [-0.1, -0.05) is 71.1 Å². The molecular formula is C60H96NO16P. The number of allylic oxidation sites excluding steroid dienone is 6. The van der Waals surface area contributed by atoms with Crippen molar-refractivity contribution in [3.05, 3.63) is 47.6 Å². The molecule has 4 heterocycles. The number of piperidine rings is 1. The number of ether oxygens (including phenoxy) is 8. The normalized spacial score (nSPS) is 35.2. The molecule has 1 N–H and O–H groups in total. The van der Waals surface area contributed by atoms with Crippen LogP contribution in [0.2, 0.25) is 0 Å². The Kier molecular flexibility index (Phi) is 26.3. The monoisotopic (exact) mass is 1120 g/mol. The first-order chi connectivity index (χ1) is 37.0. The molecule has 1 saturated carbocycles. The van der Waals surface area contributed by atoms with Gasteiger partial charge in [-0.3, -0.25) is 23.7 Å². The molecule has 0 aromatic carbocycles. The second-order valence-electron chi connectivity index (χ2n) is 23.4. The summed E-state index contributed by atoms with van der Waals surface area (Å²) in [4.78, 5) is 73.6. The molecule has 0 spiro atoms. The zero-order valence-corrected chi connectivity index (χ0v) is 49.9. The molecule has 5 aliphatic rings. The number of amides is 1. The summed E-state index contributed by atoms with van der Waals surface area (Å²) in [5.74, 6) is -7.78. The van der Waals surface area contributed by atoms with Gasteiger partial charge in [0.1, 0.15) is 30.1 Å². The number of hydrogen-bond acceptors (Lipinski definition) is 16. The third kappa shape index (κ3) is 18.9. The third-order valence-corrected chi connectivity index (χ3v) is 17.5. The number of carbonyl (C=O) groups is 5. The van der Waals surface area contributed by atoms with Crippen LogP contribution < -0.4 is 0 Å². The minimum Gasteiger partial charge on any atom is -0.460 e. The molecular weight excluding hydrogens is 1020 g/mol. The van der Waals surface area contributed by atoms with Crippen molar-refractivity contribution in [1.29, 1.82) is 0 Å². The number of aliphatic hydroxyl groups is 1. The van der Waals surface area contributed by atoms with Crippen LogP contribution in [0.4, 0.5) is 0 Å². The van der Waals surface area contributed by atoms with E-state index in [1.165, 1.54) is 19.1 Å². The summed E-state index contributed by atoms with van der Waals surface area (Å²) in [5.41, 5.74) is 1.51. The van der Waals surface area contributed by atoms with E-state index in [1.54, 1.807) is 40.4 Å². The van der Waals surface area contributed by atoms with Crippen LogP contribution in [0.15, 0.2) is 47.6 Å². The van der Waals surface area contributed by atoms with Crippen molar-refractivity contribution in [2.24, 2.45) is 35.5 Å². The van der Waals surface area contributed by atoms with Gasteiger partial charge in [0.25, 0.3) is 11.7 Å². The van der Waals surface area contributed by atoms with Crippen LogP contribution in [-0.2, 0) is 71.0 Å². The highest BCUT2D eigenvalue weighted by Gasteiger charge is 2.53. The summed E-state index contributed by atoms with van der Waals surface area (Å²) >= 11 is 0. The number of Topliss-reactive ketones (excluding diaryl/α,β-unsaturated/α-hetero) is 3. The molecule has 4 fully saturated rings. The van der Waals surface area contributed by atoms with Crippen molar-refractivity contribution in [2.75, 3.05) is 67.6 Å². The zero-order valence-electron chi connectivity index (χ0n) is 49.0. The Morgan fingerprint density at radius 2 is 1.50 bits per heavy atom. The van der Waals surface area contributed by atoms with Gasteiger partial charge < -0.3 is 52.4 Å². The first-order valence-corrected chi connectivity index (χ1v) is 31.4. The van der Waals surface area contributed by atoms with E-state index in [-0.39, 0.29) is 86.0 Å². The summed E-state index contributed by atoms with van der Waals surface area (Å²) in [6, 6.07) is -1.16. The van der Waals surface area contributed by atoms with Gasteiger partial charge in [0, 0.05) is 85.0 Å². The number of fused-ring (bicyclic) bond motifs is 3. The quantitative estimate of drug-likeness (QED) is 0.0600. The maximum Gasteiger partial charge on any atom is 0.329 e. The molecule has 15 atom stereocenters. The van der Waals surface area contributed by atoms with Gasteiger partial charge in [-0.25, -0.2) is 4.79 Å². The van der Waals surface area contributed by atoms with Crippen molar-refractivity contribution < 1.29 is 76.1 Å². The van der Waals surface area contributed by atoms with Gasteiger partial charge in [-0.15, -0.1) is 0 Å². The van der Waals surface area contributed by atoms with E-state index in [1.807, 2.05) is 65.0 Å². The fraction of sp³-hybridized carbons (Fsp3) is 0.783. The molecule has 0 aromatic heterocycles. The molecule has 4 aliphatic heterocycles. The Balaban J connectivity index is 1.47. The zero-order chi connectivity index (χ0) is 57.3. The van der Waals surface area contributed by atoms with E-state index in [0.717, 1.165) is 24.8 Å². The number of nitrogens with zero attached hydrogens (tertiary/aromatic N) is 1.